The fraction of sp³-hybridized carbons (Fsp3) is 0.700. The monoisotopic (exact) mass is 241 g/mol. The van der Waals surface area contributed by atoms with Crippen LogP contribution >= 0.6 is 11.3 Å². The number of aliphatic carboxylic acids is 1. The number of aryl methyl sites for hydroxylation is 1. The van der Waals surface area contributed by atoms with E-state index in [9.17, 15) is 4.79 Å². The van der Waals surface area contributed by atoms with Crippen LogP contribution in [-0.4, -0.2) is 33.9 Å². The van der Waals surface area contributed by atoms with Crippen LogP contribution in [0.1, 0.15) is 24.8 Å². The number of hydrogen-bond donors (Lipinski definition) is 1. The molecule has 0 spiro atoms. The lowest BCUT2D eigenvalue weighted by Gasteiger charge is -2.35. The highest BCUT2D eigenvalue weighted by atomic mass is 32.1. The summed E-state index contributed by atoms with van der Waals surface area (Å²) in [6, 6.07) is 0.224. The largest absolute Gasteiger partial charge is 0.481 e. The topological polar surface area (TPSA) is 66.3 Å². The Bertz CT molecular complexity index is 393. The average molecular weight is 241 g/mol. The molecule has 0 bridgehead atoms. The molecule has 0 saturated carbocycles. The molecule has 5 nitrogen and oxygen atoms in total. The number of rotatable bonds is 2. The number of anilines is 1. The summed E-state index contributed by atoms with van der Waals surface area (Å²) in [5.41, 5.74) is 0. The fourth-order valence-corrected chi connectivity index (χ4v) is 2.90. The summed E-state index contributed by atoms with van der Waals surface area (Å²) >= 11 is 1.56. The second-order valence-corrected chi connectivity index (χ2v) is 5.37. The lowest BCUT2D eigenvalue weighted by molar-refractivity contribution is -0.142. The zero-order valence-electron chi connectivity index (χ0n) is 9.38. The molecule has 1 fully saturated rings. The standard InChI is InChI=1S/C10H15N3O2S/c1-6-5-8(9(14)15)3-4-13(6)10-12-11-7(2)16-10/h6,8H,3-5H2,1-2H3,(H,14,15). The predicted molar refractivity (Wildman–Crippen MR) is 61.8 cm³/mol. The van der Waals surface area contributed by atoms with Crippen LogP contribution in [0.4, 0.5) is 5.13 Å². The van der Waals surface area contributed by atoms with Gasteiger partial charge in [-0.3, -0.25) is 4.79 Å². The molecule has 2 heterocycles. The van der Waals surface area contributed by atoms with E-state index in [1.807, 2.05) is 13.8 Å². The minimum Gasteiger partial charge on any atom is -0.481 e. The smallest absolute Gasteiger partial charge is 0.306 e. The van der Waals surface area contributed by atoms with E-state index in [1.165, 1.54) is 0 Å². The van der Waals surface area contributed by atoms with Crippen LogP contribution in [0.5, 0.6) is 0 Å². The molecule has 16 heavy (non-hydrogen) atoms. The normalized spacial score (nSPS) is 25.8. The van der Waals surface area contributed by atoms with Crippen LogP contribution in [0.25, 0.3) is 0 Å². The van der Waals surface area contributed by atoms with Gasteiger partial charge in [0.05, 0.1) is 5.92 Å². The summed E-state index contributed by atoms with van der Waals surface area (Å²) in [5.74, 6) is -0.889. The Hall–Kier alpha value is -1.17. The van der Waals surface area contributed by atoms with Gasteiger partial charge in [0.2, 0.25) is 5.13 Å². The third-order valence-electron chi connectivity index (χ3n) is 2.99. The van der Waals surface area contributed by atoms with Crippen molar-refractivity contribution in [2.75, 3.05) is 11.4 Å². The van der Waals surface area contributed by atoms with E-state index in [0.29, 0.717) is 12.8 Å². The molecule has 2 rings (SSSR count). The number of piperidine rings is 1. The lowest BCUT2D eigenvalue weighted by atomic mass is 9.92. The van der Waals surface area contributed by atoms with Gasteiger partial charge >= 0.3 is 5.97 Å². The summed E-state index contributed by atoms with van der Waals surface area (Å²) < 4.78 is 0. The average Bonchev–Trinajstić information content (AvgIpc) is 2.64. The van der Waals surface area contributed by atoms with Crippen molar-refractivity contribution in [1.29, 1.82) is 0 Å². The van der Waals surface area contributed by atoms with Gasteiger partial charge in [-0.05, 0) is 26.7 Å². The van der Waals surface area contributed by atoms with Crippen LogP contribution in [-0.2, 0) is 4.79 Å². The molecule has 6 heteroatoms. The number of aromatic nitrogens is 2. The van der Waals surface area contributed by atoms with E-state index < -0.39 is 5.97 Å². The first kappa shape index (κ1) is 11.3. The fourth-order valence-electron chi connectivity index (χ4n) is 2.08. The van der Waals surface area contributed by atoms with E-state index in [0.717, 1.165) is 16.7 Å². The number of nitrogens with zero attached hydrogens (tertiary/aromatic N) is 3. The maximum atomic E-state index is 10.9. The van der Waals surface area contributed by atoms with Crippen molar-refractivity contribution in [2.45, 2.75) is 32.7 Å². The van der Waals surface area contributed by atoms with E-state index >= 15 is 0 Å². The molecule has 1 saturated heterocycles. The Morgan fingerprint density at radius 1 is 1.56 bits per heavy atom. The Balaban J connectivity index is 2.07. The first-order valence-electron chi connectivity index (χ1n) is 5.37. The minimum atomic E-state index is -0.681. The van der Waals surface area contributed by atoms with E-state index in [2.05, 4.69) is 15.1 Å². The van der Waals surface area contributed by atoms with Crippen molar-refractivity contribution in [3.05, 3.63) is 5.01 Å². The van der Waals surface area contributed by atoms with Crippen molar-refractivity contribution in [3.63, 3.8) is 0 Å². The first-order chi connectivity index (χ1) is 7.58. The SMILES string of the molecule is Cc1nnc(N2CCC(C(=O)O)CC2C)s1. The molecule has 88 valence electrons. The summed E-state index contributed by atoms with van der Waals surface area (Å²) in [4.78, 5) is 13.1. The number of carbonyl (C=O) groups is 1. The van der Waals surface area contributed by atoms with Crippen LogP contribution in [0, 0.1) is 12.8 Å². The van der Waals surface area contributed by atoms with Gasteiger partial charge in [0.1, 0.15) is 5.01 Å². The van der Waals surface area contributed by atoms with Crippen LogP contribution in [0.2, 0.25) is 0 Å². The highest BCUT2D eigenvalue weighted by Gasteiger charge is 2.31. The maximum absolute atomic E-state index is 10.9. The maximum Gasteiger partial charge on any atom is 0.306 e. The lowest BCUT2D eigenvalue weighted by Crippen LogP contribution is -2.42. The second kappa shape index (κ2) is 4.37. The van der Waals surface area contributed by atoms with Crippen molar-refractivity contribution in [1.82, 2.24) is 10.2 Å². The quantitative estimate of drug-likeness (QED) is 0.850. The molecule has 2 unspecified atom stereocenters. The summed E-state index contributed by atoms with van der Waals surface area (Å²) in [5, 5.41) is 18.9. The zero-order valence-corrected chi connectivity index (χ0v) is 10.2. The highest BCUT2D eigenvalue weighted by molar-refractivity contribution is 7.15. The number of carboxylic acid groups (broad SMARTS) is 1. The molecule has 1 aliphatic rings. The molecule has 1 aromatic heterocycles. The molecule has 2 atom stereocenters. The van der Waals surface area contributed by atoms with Crippen LogP contribution in [0.15, 0.2) is 0 Å². The Labute approximate surface area is 98.1 Å². The van der Waals surface area contributed by atoms with Gasteiger partial charge in [-0.2, -0.15) is 0 Å². The third-order valence-corrected chi connectivity index (χ3v) is 3.86. The molecule has 0 aromatic carbocycles. The van der Waals surface area contributed by atoms with E-state index in [1.54, 1.807) is 11.3 Å². The van der Waals surface area contributed by atoms with Crippen LogP contribution in [0.3, 0.4) is 0 Å². The number of hydrogen-bond acceptors (Lipinski definition) is 5. The van der Waals surface area contributed by atoms with Crippen LogP contribution < -0.4 is 4.90 Å². The van der Waals surface area contributed by atoms with Gasteiger partial charge in [0, 0.05) is 12.6 Å². The van der Waals surface area contributed by atoms with Crippen molar-refractivity contribution >= 4 is 22.4 Å². The van der Waals surface area contributed by atoms with Crippen molar-refractivity contribution < 1.29 is 9.90 Å². The van der Waals surface area contributed by atoms with Gasteiger partial charge < -0.3 is 10.0 Å². The molecular weight excluding hydrogens is 226 g/mol. The Morgan fingerprint density at radius 2 is 2.31 bits per heavy atom. The Kier molecular flexibility index (Phi) is 3.09. The minimum absolute atomic E-state index is 0.208. The molecule has 1 N–H and O–H groups in total. The molecule has 0 radical (unpaired) electrons. The van der Waals surface area contributed by atoms with Gasteiger partial charge in [-0.25, -0.2) is 0 Å². The molecule has 0 amide bonds. The van der Waals surface area contributed by atoms with E-state index in [4.69, 9.17) is 5.11 Å². The third kappa shape index (κ3) is 2.16. The van der Waals surface area contributed by atoms with Gasteiger partial charge in [-0.15, -0.1) is 10.2 Å². The molecular formula is C10H15N3O2S. The Morgan fingerprint density at radius 3 is 2.81 bits per heavy atom. The van der Waals surface area contributed by atoms with Gasteiger partial charge in [-0.1, -0.05) is 11.3 Å². The molecule has 1 aromatic rings. The van der Waals surface area contributed by atoms with Crippen molar-refractivity contribution in [2.24, 2.45) is 5.92 Å². The second-order valence-electron chi connectivity index (χ2n) is 4.21. The highest BCUT2D eigenvalue weighted by Crippen LogP contribution is 2.29. The van der Waals surface area contributed by atoms with E-state index in [-0.39, 0.29) is 12.0 Å². The predicted octanol–water partition coefficient (Wildman–Crippen LogP) is 1.54. The summed E-state index contributed by atoms with van der Waals surface area (Å²) in [6.07, 6.45) is 1.38. The zero-order chi connectivity index (χ0) is 11.7. The number of carboxylic acids is 1. The van der Waals surface area contributed by atoms with Gasteiger partial charge in [0.25, 0.3) is 0 Å². The molecule has 1 aliphatic heterocycles. The molecule has 0 aliphatic carbocycles. The summed E-state index contributed by atoms with van der Waals surface area (Å²) in [6.45, 7) is 4.73. The van der Waals surface area contributed by atoms with Crippen molar-refractivity contribution in [3.8, 4) is 0 Å². The van der Waals surface area contributed by atoms with Gasteiger partial charge in [0.15, 0.2) is 0 Å². The first-order valence-corrected chi connectivity index (χ1v) is 6.19. The summed E-state index contributed by atoms with van der Waals surface area (Å²) in [7, 11) is 0.